The second-order valence-corrected chi connectivity index (χ2v) is 10.1. The van der Waals surface area contributed by atoms with Crippen LogP contribution in [0, 0.1) is 5.82 Å². The van der Waals surface area contributed by atoms with Crippen LogP contribution in [0.15, 0.2) is 41.3 Å². The third kappa shape index (κ3) is 6.68. The van der Waals surface area contributed by atoms with E-state index >= 15 is 0 Å². The van der Waals surface area contributed by atoms with E-state index in [2.05, 4.69) is 10.1 Å². The topological polar surface area (TPSA) is 153 Å². The van der Waals surface area contributed by atoms with Crippen molar-refractivity contribution in [3.05, 3.63) is 52.8 Å². The molecule has 14 heteroatoms. The number of nitrogens with one attached hydrogen (secondary N) is 1. The van der Waals surface area contributed by atoms with Gasteiger partial charge in [0, 0.05) is 0 Å². The summed E-state index contributed by atoms with van der Waals surface area (Å²) in [5.74, 6) is -1.75. The van der Waals surface area contributed by atoms with E-state index in [9.17, 15) is 18.5 Å². The number of nitrogens with two attached hydrogens (primary N) is 1. The molecular formula is C22H28FN4O8P. The van der Waals surface area contributed by atoms with Crippen LogP contribution in [0.3, 0.4) is 0 Å². The maximum atomic E-state index is 13.8. The molecule has 0 radical (unpaired) electrons. The molecule has 1 saturated carbocycles. The molecule has 2 fully saturated rings. The van der Waals surface area contributed by atoms with Crippen molar-refractivity contribution in [1.82, 2.24) is 14.6 Å². The Kier molecular flexibility index (Phi) is 8.37. The molecule has 0 spiro atoms. The lowest BCUT2D eigenvalue weighted by Crippen LogP contribution is -2.37. The Hall–Kier alpha value is -2.83. The van der Waals surface area contributed by atoms with Crippen molar-refractivity contribution in [2.24, 2.45) is 0 Å². The van der Waals surface area contributed by atoms with Gasteiger partial charge in [0.25, 0.3) is 0 Å². The molecule has 2 aliphatic rings. The minimum Gasteiger partial charge on any atom is -0.461 e. The zero-order chi connectivity index (χ0) is 25.7. The molecule has 0 amide bonds. The summed E-state index contributed by atoms with van der Waals surface area (Å²) in [5.41, 5.74) is 4.48. The quantitative estimate of drug-likeness (QED) is 0.347. The van der Waals surface area contributed by atoms with Gasteiger partial charge in [-0.2, -0.15) is 10.1 Å². The third-order valence-electron chi connectivity index (χ3n) is 5.62. The summed E-state index contributed by atoms with van der Waals surface area (Å²) in [5, 5.41) is 2.60. The average Bonchev–Trinajstić information content (AvgIpc) is 3.53. The van der Waals surface area contributed by atoms with Crippen molar-refractivity contribution in [3.63, 3.8) is 0 Å². The molecule has 1 saturated heterocycles. The normalized spacial score (nSPS) is 22.7. The maximum absolute atomic E-state index is 13.8. The van der Waals surface area contributed by atoms with Crippen LogP contribution in [-0.4, -0.2) is 47.2 Å². The Morgan fingerprint density at radius 2 is 2.06 bits per heavy atom. The Morgan fingerprint density at radius 3 is 2.78 bits per heavy atom. The molecule has 12 nitrogen and oxygen atoms in total. The number of carbonyl (C=O) groups is 1. The molecule has 1 aliphatic carbocycles. The summed E-state index contributed by atoms with van der Waals surface area (Å²) >= 11 is 0. The average molecular weight is 526 g/mol. The molecule has 0 bridgehead atoms. The van der Waals surface area contributed by atoms with Gasteiger partial charge in [0.15, 0.2) is 24.2 Å². The van der Waals surface area contributed by atoms with Crippen molar-refractivity contribution >= 4 is 19.5 Å². The number of rotatable bonds is 10. The smallest absolute Gasteiger partial charge is 0.459 e. The van der Waals surface area contributed by atoms with Gasteiger partial charge in [-0.3, -0.25) is 13.9 Å². The lowest BCUT2D eigenvalue weighted by atomic mass is 10.3. The van der Waals surface area contributed by atoms with Gasteiger partial charge in [-0.05, 0) is 44.7 Å². The lowest BCUT2D eigenvalue weighted by Gasteiger charge is -2.24. The second-order valence-electron chi connectivity index (χ2n) is 8.41. The number of para-hydroxylation sites is 1. The number of benzene rings is 1. The summed E-state index contributed by atoms with van der Waals surface area (Å²) in [6, 6.07) is 7.27. The summed E-state index contributed by atoms with van der Waals surface area (Å²) in [6.07, 6.45) is 2.20. The fraction of sp³-hybridized carbons (Fsp3) is 0.500. The van der Waals surface area contributed by atoms with Crippen LogP contribution < -0.4 is 21.0 Å². The molecule has 1 aromatic heterocycles. The lowest BCUT2D eigenvalue weighted by molar-refractivity contribution is -0.150. The number of hydrogen-bond acceptors (Lipinski definition) is 10. The standard InChI is InChI=1S/C22H28FN4O8P/c1-14(21(28)33-15-7-5-6-8-15)26-36(30,35-16-9-3-2-4-10-16)32-13-19-31-12-18(34-19)27-11-17(23)20(24)25-22(27)29/h2-4,9-11,14-15,18-19H,5-8,12-13H2,1H3,(H,26,30)(H2,24,25,29)/t14?,18-,19-,36-/m0/s1. The zero-order valence-electron chi connectivity index (χ0n) is 19.6. The van der Waals surface area contributed by atoms with Gasteiger partial charge < -0.3 is 24.5 Å². The van der Waals surface area contributed by atoms with E-state index in [4.69, 9.17) is 29.0 Å². The Bertz CT molecular complexity index is 1160. The number of nitrogen functional groups attached to an aromatic ring is 1. The van der Waals surface area contributed by atoms with Crippen LogP contribution >= 0.6 is 7.75 Å². The van der Waals surface area contributed by atoms with Gasteiger partial charge in [-0.1, -0.05) is 18.2 Å². The van der Waals surface area contributed by atoms with Crippen LogP contribution in [0.25, 0.3) is 0 Å². The highest BCUT2D eigenvalue weighted by atomic mass is 31.2. The Morgan fingerprint density at radius 1 is 1.33 bits per heavy atom. The van der Waals surface area contributed by atoms with Crippen LogP contribution in [-0.2, 0) is 28.1 Å². The molecular weight excluding hydrogens is 498 g/mol. The first kappa shape index (κ1) is 26.2. The number of aromatic nitrogens is 2. The van der Waals surface area contributed by atoms with Gasteiger partial charge >= 0.3 is 19.4 Å². The molecule has 36 heavy (non-hydrogen) atoms. The minimum absolute atomic E-state index is 0.125. The molecule has 1 unspecified atom stereocenters. The Balaban J connectivity index is 1.40. The molecule has 2 aromatic rings. The molecule has 1 aliphatic heterocycles. The van der Waals surface area contributed by atoms with Crippen molar-refractivity contribution in [1.29, 1.82) is 0 Å². The summed E-state index contributed by atoms with van der Waals surface area (Å²) in [7, 11) is -4.13. The van der Waals surface area contributed by atoms with Gasteiger partial charge in [-0.15, -0.1) is 0 Å². The molecule has 4 rings (SSSR count). The summed E-state index contributed by atoms with van der Waals surface area (Å²) < 4.78 is 55.9. The first-order valence-corrected chi connectivity index (χ1v) is 13.1. The highest BCUT2D eigenvalue weighted by Crippen LogP contribution is 2.45. The summed E-state index contributed by atoms with van der Waals surface area (Å²) in [6.45, 7) is 0.979. The molecule has 2 heterocycles. The van der Waals surface area contributed by atoms with E-state index in [1.165, 1.54) is 6.92 Å². The number of nitrogens with zero attached hydrogens (tertiary/aromatic N) is 2. The highest BCUT2D eigenvalue weighted by molar-refractivity contribution is 7.52. The predicted octanol–water partition coefficient (Wildman–Crippen LogP) is 2.50. The molecule has 196 valence electrons. The van der Waals surface area contributed by atoms with Gasteiger partial charge in [0.05, 0.1) is 12.8 Å². The number of ether oxygens (including phenoxy) is 3. The number of hydrogen-bond donors (Lipinski definition) is 2. The van der Waals surface area contributed by atoms with Gasteiger partial charge in [0.2, 0.25) is 0 Å². The molecule has 3 N–H and O–H groups in total. The highest BCUT2D eigenvalue weighted by Gasteiger charge is 2.36. The van der Waals surface area contributed by atoms with Crippen molar-refractivity contribution in [2.45, 2.75) is 57.3 Å². The van der Waals surface area contributed by atoms with E-state index in [-0.39, 0.29) is 18.5 Å². The van der Waals surface area contributed by atoms with Crippen molar-refractivity contribution in [2.75, 3.05) is 18.9 Å². The first-order chi connectivity index (χ1) is 17.2. The van der Waals surface area contributed by atoms with Gasteiger partial charge in [-0.25, -0.2) is 13.8 Å². The maximum Gasteiger partial charge on any atom is 0.459 e. The van der Waals surface area contributed by atoms with E-state index in [1.54, 1.807) is 30.3 Å². The fourth-order valence-corrected chi connectivity index (χ4v) is 5.25. The monoisotopic (exact) mass is 526 g/mol. The number of carbonyl (C=O) groups excluding carboxylic acids is 1. The second kappa shape index (κ2) is 11.5. The fourth-order valence-electron chi connectivity index (χ4n) is 3.77. The third-order valence-corrected chi connectivity index (χ3v) is 7.26. The molecule has 1 aromatic carbocycles. The van der Waals surface area contributed by atoms with Gasteiger partial charge in [0.1, 0.15) is 24.5 Å². The number of halogens is 1. The van der Waals surface area contributed by atoms with Crippen LogP contribution in [0.1, 0.15) is 38.8 Å². The van der Waals surface area contributed by atoms with Crippen LogP contribution in [0.4, 0.5) is 10.2 Å². The van der Waals surface area contributed by atoms with E-state index in [1.807, 2.05) is 0 Å². The van der Waals surface area contributed by atoms with Crippen LogP contribution in [0.5, 0.6) is 5.75 Å². The predicted molar refractivity (Wildman–Crippen MR) is 124 cm³/mol. The largest absolute Gasteiger partial charge is 0.461 e. The zero-order valence-corrected chi connectivity index (χ0v) is 20.5. The van der Waals surface area contributed by atoms with Crippen molar-refractivity contribution in [3.8, 4) is 5.75 Å². The van der Waals surface area contributed by atoms with Crippen LogP contribution in [0.2, 0.25) is 0 Å². The number of esters is 1. The van der Waals surface area contributed by atoms with E-state index < -0.39 is 56.2 Å². The van der Waals surface area contributed by atoms with E-state index in [0.29, 0.717) is 0 Å². The first-order valence-electron chi connectivity index (χ1n) is 11.5. The molecule has 4 atom stereocenters. The summed E-state index contributed by atoms with van der Waals surface area (Å²) in [4.78, 5) is 27.9. The van der Waals surface area contributed by atoms with Crippen molar-refractivity contribution < 1.29 is 37.0 Å². The number of anilines is 1. The SMILES string of the molecule is CC(N[P@](=O)(OC[C@H]1OC[C@@H](n2cc(F)c(N)nc2=O)O1)Oc1ccccc1)C(=O)OC1CCCC1. The van der Waals surface area contributed by atoms with E-state index in [0.717, 1.165) is 36.4 Å². The Labute approximate surface area is 206 Å². The minimum atomic E-state index is -4.13.